The van der Waals surface area contributed by atoms with E-state index in [2.05, 4.69) is 5.32 Å². The number of benzene rings is 1. The van der Waals surface area contributed by atoms with Gasteiger partial charge in [0.1, 0.15) is 5.58 Å². The molecular formula is C20H25BN2O6. The number of nitrogens with one attached hydrogen (secondary N) is 1. The van der Waals surface area contributed by atoms with Gasteiger partial charge in [0.25, 0.3) is 0 Å². The van der Waals surface area contributed by atoms with E-state index in [1.807, 2.05) is 24.3 Å². The van der Waals surface area contributed by atoms with Crippen LogP contribution in [0.1, 0.15) is 24.8 Å². The van der Waals surface area contributed by atoms with Crippen LogP contribution in [-0.4, -0.2) is 66.1 Å². The highest BCUT2D eigenvalue weighted by Crippen LogP contribution is 2.39. The third-order valence-electron chi connectivity index (χ3n) is 6.15. The molecule has 2 aliphatic heterocycles. The van der Waals surface area contributed by atoms with Gasteiger partial charge in [-0.25, -0.2) is 0 Å². The zero-order valence-electron chi connectivity index (χ0n) is 16.2. The molecule has 1 atom stereocenters. The normalized spacial score (nSPS) is 19.4. The third kappa shape index (κ3) is 4.17. The van der Waals surface area contributed by atoms with Crippen molar-refractivity contribution in [1.29, 1.82) is 0 Å². The predicted molar refractivity (Wildman–Crippen MR) is 106 cm³/mol. The van der Waals surface area contributed by atoms with Crippen molar-refractivity contribution in [2.24, 2.45) is 5.41 Å². The van der Waals surface area contributed by atoms with Crippen LogP contribution in [0.5, 0.6) is 0 Å². The van der Waals surface area contributed by atoms with Gasteiger partial charge >= 0.3 is 18.9 Å². The second-order valence-corrected chi connectivity index (χ2v) is 8.04. The molecule has 3 N–H and O–H groups in total. The highest BCUT2D eigenvalue weighted by atomic mass is 16.5. The number of fused-ring (bicyclic) bond motifs is 1. The maximum absolute atomic E-state index is 12.6. The number of hydrogen-bond acceptors (Lipinski definition) is 6. The lowest BCUT2D eigenvalue weighted by Gasteiger charge is -2.33. The van der Waals surface area contributed by atoms with Gasteiger partial charge in [-0.1, -0.05) is 18.2 Å². The maximum Gasteiger partial charge on any atom is 0.475 e. The van der Waals surface area contributed by atoms with E-state index in [-0.39, 0.29) is 11.8 Å². The Hall–Kier alpha value is -2.36. The van der Waals surface area contributed by atoms with Crippen LogP contribution in [0, 0.1) is 5.41 Å². The number of ether oxygens (including phenoxy) is 1. The SMILES string of the molecule is O=C(NC(Cc1coc2ccccc12)B(O)O)C(=O)N1CCC2(CCOCC2)C1. The molecule has 1 unspecified atom stereocenters. The Morgan fingerprint density at radius 3 is 2.72 bits per heavy atom. The zero-order valence-corrected chi connectivity index (χ0v) is 16.2. The van der Waals surface area contributed by atoms with Crippen LogP contribution < -0.4 is 5.32 Å². The highest BCUT2D eigenvalue weighted by Gasteiger charge is 2.42. The van der Waals surface area contributed by atoms with Gasteiger partial charge in [-0.2, -0.15) is 0 Å². The predicted octanol–water partition coefficient (Wildman–Crippen LogP) is 0.501. The molecule has 2 aromatic rings. The van der Waals surface area contributed by atoms with Crippen molar-refractivity contribution < 1.29 is 28.8 Å². The van der Waals surface area contributed by atoms with E-state index in [0.29, 0.717) is 31.9 Å². The molecule has 1 aromatic heterocycles. The Morgan fingerprint density at radius 1 is 1.21 bits per heavy atom. The van der Waals surface area contributed by atoms with E-state index in [4.69, 9.17) is 9.15 Å². The molecule has 2 amide bonds. The molecule has 8 nitrogen and oxygen atoms in total. The number of amides is 2. The summed E-state index contributed by atoms with van der Waals surface area (Å²) >= 11 is 0. The van der Waals surface area contributed by atoms with Crippen LogP contribution in [0.25, 0.3) is 11.0 Å². The van der Waals surface area contributed by atoms with Crippen LogP contribution in [-0.2, 0) is 20.7 Å². The summed E-state index contributed by atoms with van der Waals surface area (Å²) in [5.41, 5.74) is 1.45. The van der Waals surface area contributed by atoms with E-state index < -0.39 is 24.9 Å². The summed E-state index contributed by atoms with van der Waals surface area (Å²) in [5.74, 6) is -2.47. The number of nitrogens with zero attached hydrogens (tertiary/aromatic N) is 1. The molecule has 0 radical (unpaired) electrons. The Labute approximate surface area is 169 Å². The van der Waals surface area contributed by atoms with Gasteiger partial charge < -0.3 is 29.4 Å². The summed E-state index contributed by atoms with van der Waals surface area (Å²) in [6, 6.07) is 7.37. The minimum absolute atomic E-state index is 0.0415. The number of likely N-dealkylation sites (tertiary alicyclic amines) is 1. The van der Waals surface area contributed by atoms with Gasteiger partial charge in [0, 0.05) is 31.7 Å². The molecular weight excluding hydrogens is 375 g/mol. The van der Waals surface area contributed by atoms with Crippen LogP contribution in [0.15, 0.2) is 34.9 Å². The average molecular weight is 400 g/mol. The summed E-state index contributed by atoms with van der Waals surface area (Å²) < 4.78 is 10.9. The van der Waals surface area contributed by atoms with Gasteiger partial charge in [-0.05, 0) is 42.7 Å². The number of carbonyl (C=O) groups excluding carboxylic acids is 2. The van der Waals surface area contributed by atoms with Gasteiger partial charge in [0.2, 0.25) is 0 Å². The summed E-state index contributed by atoms with van der Waals surface area (Å²) in [6.45, 7) is 2.45. The van der Waals surface area contributed by atoms with Gasteiger partial charge in [0.15, 0.2) is 0 Å². The van der Waals surface area contributed by atoms with Crippen molar-refractivity contribution in [3.05, 3.63) is 36.1 Å². The number of rotatable bonds is 4. The standard InChI is InChI=1S/C20H25BN2O6/c24-18(19(25)23-8-5-20(13-23)6-9-28-10-7-20)22-17(21(26)27)11-14-12-29-16-4-2-1-3-15(14)16/h1-4,12,17,26-27H,5-11,13H2,(H,22,24). The van der Waals surface area contributed by atoms with Crippen LogP contribution in [0.3, 0.4) is 0 Å². The van der Waals surface area contributed by atoms with Crippen molar-refractivity contribution >= 4 is 29.9 Å². The molecule has 4 rings (SSSR count). The van der Waals surface area contributed by atoms with E-state index >= 15 is 0 Å². The highest BCUT2D eigenvalue weighted by molar-refractivity contribution is 6.45. The summed E-state index contributed by atoms with van der Waals surface area (Å²) in [5, 5.41) is 22.8. The molecule has 3 heterocycles. The molecule has 0 bridgehead atoms. The first-order valence-electron chi connectivity index (χ1n) is 9.96. The lowest BCUT2D eigenvalue weighted by atomic mass is 9.76. The van der Waals surface area contributed by atoms with Crippen molar-refractivity contribution in [3.63, 3.8) is 0 Å². The molecule has 0 aliphatic carbocycles. The minimum atomic E-state index is -1.80. The molecule has 2 saturated heterocycles. The second-order valence-electron chi connectivity index (χ2n) is 8.04. The Bertz CT molecular complexity index is 892. The largest absolute Gasteiger partial charge is 0.475 e. The molecule has 1 aromatic carbocycles. The zero-order chi connectivity index (χ0) is 20.4. The van der Waals surface area contributed by atoms with Crippen LogP contribution >= 0.6 is 0 Å². The fraction of sp³-hybridized carbons (Fsp3) is 0.500. The molecule has 0 saturated carbocycles. The number of furan rings is 1. The first-order chi connectivity index (χ1) is 14.0. The van der Waals surface area contributed by atoms with Crippen molar-refractivity contribution in [3.8, 4) is 0 Å². The lowest BCUT2D eigenvalue weighted by molar-refractivity contribution is -0.145. The van der Waals surface area contributed by atoms with Gasteiger partial charge in [0.05, 0.1) is 12.2 Å². The van der Waals surface area contributed by atoms with E-state index in [0.717, 1.165) is 30.2 Å². The molecule has 1 spiro atoms. The molecule has 9 heteroatoms. The Kier molecular flexibility index (Phi) is 5.62. The van der Waals surface area contributed by atoms with E-state index in [1.54, 1.807) is 4.90 Å². The maximum atomic E-state index is 12.6. The molecule has 154 valence electrons. The minimum Gasteiger partial charge on any atom is -0.464 e. The van der Waals surface area contributed by atoms with Crippen molar-refractivity contribution in [2.75, 3.05) is 26.3 Å². The fourth-order valence-corrected chi connectivity index (χ4v) is 4.35. The fourth-order valence-electron chi connectivity index (χ4n) is 4.35. The quantitative estimate of drug-likeness (QED) is 0.509. The van der Waals surface area contributed by atoms with Gasteiger partial charge in [-0.3, -0.25) is 9.59 Å². The number of carbonyl (C=O) groups is 2. The summed E-state index contributed by atoms with van der Waals surface area (Å²) in [7, 11) is -1.80. The van der Waals surface area contributed by atoms with Crippen molar-refractivity contribution in [1.82, 2.24) is 10.2 Å². The van der Waals surface area contributed by atoms with Crippen LogP contribution in [0.4, 0.5) is 0 Å². The summed E-state index contributed by atoms with van der Waals surface area (Å²) in [4.78, 5) is 26.7. The van der Waals surface area contributed by atoms with E-state index in [9.17, 15) is 19.6 Å². The Morgan fingerprint density at radius 2 is 1.97 bits per heavy atom. The lowest BCUT2D eigenvalue weighted by Crippen LogP contribution is -2.52. The molecule has 29 heavy (non-hydrogen) atoms. The number of hydrogen-bond donors (Lipinski definition) is 3. The smallest absolute Gasteiger partial charge is 0.464 e. The second kappa shape index (κ2) is 8.18. The first kappa shape index (κ1) is 19.9. The topological polar surface area (TPSA) is 112 Å². The van der Waals surface area contributed by atoms with Gasteiger partial charge in [-0.15, -0.1) is 0 Å². The number of para-hydroxylation sites is 1. The molecule has 2 aliphatic rings. The average Bonchev–Trinajstić information content (AvgIpc) is 3.32. The molecule has 2 fully saturated rings. The first-order valence-corrected chi connectivity index (χ1v) is 9.96. The van der Waals surface area contributed by atoms with Crippen LogP contribution in [0.2, 0.25) is 0 Å². The Balaban J connectivity index is 1.40. The van der Waals surface area contributed by atoms with E-state index in [1.165, 1.54) is 6.26 Å². The summed E-state index contributed by atoms with van der Waals surface area (Å²) in [6.07, 6.45) is 4.31. The monoisotopic (exact) mass is 400 g/mol. The third-order valence-corrected chi connectivity index (χ3v) is 6.15. The van der Waals surface area contributed by atoms with Crippen molar-refractivity contribution in [2.45, 2.75) is 31.6 Å².